The Balaban J connectivity index is 1.71. The molecule has 3 aliphatic rings. The third kappa shape index (κ3) is 2.44. The topological polar surface area (TPSA) is 61.4 Å². The first-order chi connectivity index (χ1) is 13.5. The number of halogens is 1. The molecule has 2 aromatic carbocycles. The van der Waals surface area contributed by atoms with Crippen molar-refractivity contribution in [2.45, 2.75) is 18.4 Å². The third-order valence-electron chi connectivity index (χ3n) is 6.25. The lowest BCUT2D eigenvalue weighted by atomic mass is 9.74. The Hall–Kier alpha value is -2.60. The molecule has 1 saturated heterocycles. The number of hydrogen-bond acceptors (Lipinski definition) is 4. The van der Waals surface area contributed by atoms with Gasteiger partial charge in [0.05, 0.1) is 17.9 Å². The van der Waals surface area contributed by atoms with E-state index >= 15 is 0 Å². The predicted octanol–water partition coefficient (Wildman–Crippen LogP) is 3.74. The van der Waals surface area contributed by atoms with Crippen molar-refractivity contribution >= 4 is 39.1 Å². The van der Waals surface area contributed by atoms with Gasteiger partial charge in [-0.15, -0.1) is 0 Å². The summed E-state index contributed by atoms with van der Waals surface area (Å²) in [6, 6.07) is 13.8. The van der Waals surface area contributed by atoms with Gasteiger partial charge in [-0.25, -0.2) is 0 Å². The molecule has 3 heterocycles. The van der Waals surface area contributed by atoms with Crippen molar-refractivity contribution in [2.75, 3.05) is 17.7 Å². The van der Waals surface area contributed by atoms with Crippen LogP contribution in [0.15, 0.2) is 59.2 Å². The molecule has 1 fully saturated rings. The molecular weight excluding hydrogens is 418 g/mol. The molecule has 2 N–H and O–H groups in total. The highest BCUT2D eigenvalue weighted by Crippen LogP contribution is 2.50. The van der Waals surface area contributed by atoms with E-state index in [-0.39, 0.29) is 23.8 Å². The summed E-state index contributed by atoms with van der Waals surface area (Å²) in [5.41, 5.74) is 4.83. The van der Waals surface area contributed by atoms with Crippen LogP contribution in [0.1, 0.15) is 17.0 Å². The molecule has 3 aliphatic heterocycles. The lowest BCUT2D eigenvalue weighted by Gasteiger charge is -2.27. The average Bonchev–Trinajstić information content (AvgIpc) is 3.16. The van der Waals surface area contributed by atoms with Gasteiger partial charge < -0.3 is 10.6 Å². The molecule has 5 rings (SSSR count). The summed E-state index contributed by atoms with van der Waals surface area (Å²) in [6.45, 7) is 4.29. The van der Waals surface area contributed by atoms with Crippen molar-refractivity contribution in [1.82, 2.24) is 4.90 Å². The Labute approximate surface area is 171 Å². The summed E-state index contributed by atoms with van der Waals surface area (Å²) in [4.78, 5) is 27.5. The normalized spacial score (nSPS) is 28.2. The number of rotatable bonds is 0. The molecule has 4 unspecified atom stereocenters. The van der Waals surface area contributed by atoms with E-state index in [9.17, 15) is 9.59 Å². The van der Waals surface area contributed by atoms with Gasteiger partial charge in [-0.1, -0.05) is 40.7 Å². The first-order valence-electron chi connectivity index (χ1n) is 9.37. The van der Waals surface area contributed by atoms with Crippen LogP contribution in [-0.2, 0) is 16.0 Å². The van der Waals surface area contributed by atoms with E-state index < -0.39 is 11.8 Å². The molecule has 2 amide bonds. The fourth-order valence-corrected chi connectivity index (χ4v) is 5.33. The summed E-state index contributed by atoms with van der Waals surface area (Å²) >= 11 is 3.53. The smallest absolute Gasteiger partial charge is 0.233 e. The Morgan fingerprint density at radius 1 is 1.07 bits per heavy atom. The van der Waals surface area contributed by atoms with Gasteiger partial charge >= 0.3 is 0 Å². The molecule has 4 atom stereocenters. The maximum absolute atomic E-state index is 13.2. The molecule has 142 valence electrons. The minimum absolute atomic E-state index is 0.100. The van der Waals surface area contributed by atoms with Gasteiger partial charge in [0.1, 0.15) is 0 Å². The molecule has 0 radical (unpaired) electrons. The van der Waals surface area contributed by atoms with E-state index in [0.717, 1.165) is 32.7 Å². The summed E-state index contributed by atoms with van der Waals surface area (Å²) in [7, 11) is 1.60. The molecule has 2 aromatic rings. The number of hydrogen-bond donors (Lipinski definition) is 2. The highest BCUT2D eigenvalue weighted by Gasteiger charge is 2.54. The van der Waals surface area contributed by atoms with Gasteiger partial charge in [0, 0.05) is 34.5 Å². The number of benzene rings is 2. The zero-order chi connectivity index (χ0) is 19.6. The SMILES string of the molecule is C=C1Nc2ccc(Br)cc2CC2C(=O)N(C)C(=O)C2C2c3ccccc3NC12. The molecule has 0 aliphatic carbocycles. The first kappa shape index (κ1) is 17.5. The summed E-state index contributed by atoms with van der Waals surface area (Å²) in [5.74, 6) is -1.15. The van der Waals surface area contributed by atoms with Crippen molar-refractivity contribution in [3.05, 3.63) is 70.3 Å². The van der Waals surface area contributed by atoms with Crippen LogP contribution in [0.5, 0.6) is 0 Å². The number of amides is 2. The number of nitrogens with zero attached hydrogens (tertiary/aromatic N) is 1. The Morgan fingerprint density at radius 2 is 1.86 bits per heavy atom. The maximum atomic E-state index is 13.2. The van der Waals surface area contributed by atoms with E-state index in [1.165, 1.54) is 4.90 Å². The number of anilines is 2. The summed E-state index contributed by atoms with van der Waals surface area (Å²) < 4.78 is 0.947. The van der Waals surface area contributed by atoms with Gasteiger partial charge in [-0.05, 0) is 41.8 Å². The number of likely N-dealkylation sites (tertiary alicyclic amines) is 1. The van der Waals surface area contributed by atoms with E-state index in [2.05, 4.69) is 39.2 Å². The molecule has 0 saturated carbocycles. The quantitative estimate of drug-likeness (QED) is 0.616. The molecule has 5 nitrogen and oxygen atoms in total. The molecule has 0 aromatic heterocycles. The molecule has 0 spiro atoms. The highest BCUT2D eigenvalue weighted by atomic mass is 79.9. The number of imide groups is 1. The van der Waals surface area contributed by atoms with Crippen molar-refractivity contribution < 1.29 is 9.59 Å². The number of nitrogens with one attached hydrogen (secondary N) is 2. The van der Waals surface area contributed by atoms with E-state index in [0.29, 0.717) is 6.42 Å². The van der Waals surface area contributed by atoms with Crippen LogP contribution in [0.4, 0.5) is 11.4 Å². The Bertz CT molecular complexity index is 1030. The molecular formula is C22H20BrN3O2. The van der Waals surface area contributed by atoms with Crippen molar-refractivity contribution in [1.29, 1.82) is 0 Å². The second kappa shape index (κ2) is 6.21. The first-order valence-corrected chi connectivity index (χ1v) is 10.2. The Kier molecular flexibility index (Phi) is 3.88. The lowest BCUT2D eigenvalue weighted by Crippen LogP contribution is -2.36. The van der Waals surface area contributed by atoms with Crippen molar-refractivity contribution in [3.63, 3.8) is 0 Å². The van der Waals surface area contributed by atoms with Crippen LogP contribution >= 0.6 is 15.9 Å². The average molecular weight is 438 g/mol. The van der Waals surface area contributed by atoms with Gasteiger partial charge in [0.15, 0.2) is 0 Å². The largest absolute Gasteiger partial charge is 0.376 e. The van der Waals surface area contributed by atoms with Crippen LogP contribution in [0.3, 0.4) is 0 Å². The second-order valence-corrected chi connectivity index (χ2v) is 8.67. The van der Waals surface area contributed by atoms with Crippen LogP contribution < -0.4 is 10.6 Å². The summed E-state index contributed by atoms with van der Waals surface area (Å²) in [5, 5.41) is 6.99. The van der Waals surface area contributed by atoms with E-state index in [1.54, 1.807) is 7.05 Å². The monoisotopic (exact) mass is 437 g/mol. The van der Waals surface area contributed by atoms with Gasteiger partial charge in [0.2, 0.25) is 11.8 Å². The third-order valence-corrected chi connectivity index (χ3v) is 6.74. The fourth-order valence-electron chi connectivity index (χ4n) is 4.93. The lowest BCUT2D eigenvalue weighted by molar-refractivity contribution is -0.138. The minimum Gasteiger partial charge on any atom is -0.376 e. The van der Waals surface area contributed by atoms with Crippen LogP contribution in [0.2, 0.25) is 0 Å². The molecule has 6 heteroatoms. The van der Waals surface area contributed by atoms with Crippen molar-refractivity contribution in [3.8, 4) is 0 Å². The maximum Gasteiger partial charge on any atom is 0.233 e. The van der Waals surface area contributed by atoms with Crippen LogP contribution in [0, 0.1) is 11.8 Å². The van der Waals surface area contributed by atoms with Crippen LogP contribution in [-0.4, -0.2) is 29.8 Å². The van der Waals surface area contributed by atoms with Crippen molar-refractivity contribution in [2.24, 2.45) is 11.8 Å². The number of fused-ring (bicyclic) bond motifs is 6. The van der Waals surface area contributed by atoms with Crippen LogP contribution in [0.25, 0.3) is 0 Å². The minimum atomic E-state index is -0.415. The van der Waals surface area contributed by atoms with E-state index in [1.807, 2.05) is 36.4 Å². The summed E-state index contributed by atoms with van der Waals surface area (Å²) in [6.07, 6.45) is 0.514. The standard InChI is InChI=1S/C22H20BrN3O2/c1-11-20-18(14-5-3-4-6-17(14)25-20)19-15(21(27)26(2)22(19)28)10-12-9-13(23)7-8-16(12)24-11/h3-9,15,18-20,24-25H,1,10H2,2H3. The molecule has 0 bridgehead atoms. The Morgan fingerprint density at radius 3 is 2.68 bits per heavy atom. The zero-order valence-corrected chi connectivity index (χ0v) is 17.0. The molecule has 28 heavy (non-hydrogen) atoms. The van der Waals surface area contributed by atoms with Gasteiger partial charge in [-0.2, -0.15) is 0 Å². The predicted molar refractivity (Wildman–Crippen MR) is 112 cm³/mol. The second-order valence-electron chi connectivity index (χ2n) is 7.76. The highest BCUT2D eigenvalue weighted by molar-refractivity contribution is 9.10. The number of carbonyl (C=O) groups excluding carboxylic acids is 2. The fraction of sp³-hybridized carbons (Fsp3) is 0.273. The van der Waals surface area contributed by atoms with Gasteiger partial charge in [0.25, 0.3) is 0 Å². The van der Waals surface area contributed by atoms with E-state index in [4.69, 9.17) is 0 Å². The zero-order valence-electron chi connectivity index (χ0n) is 15.4. The number of para-hydroxylation sites is 1. The number of carbonyl (C=O) groups is 2. The van der Waals surface area contributed by atoms with Gasteiger partial charge in [-0.3, -0.25) is 14.5 Å².